The van der Waals surface area contributed by atoms with Gasteiger partial charge >= 0.3 is 0 Å². The molecular weight excluding hydrogens is 438 g/mol. The number of unbranched alkanes of at least 4 members (excludes halogenated alkanes) is 7. The van der Waals surface area contributed by atoms with Crippen molar-refractivity contribution < 1.29 is 19.1 Å². The Labute approximate surface area is 212 Å². The Kier molecular flexibility index (Phi) is 14.0. The molecule has 6 nitrogen and oxygen atoms in total. The second kappa shape index (κ2) is 17.1. The van der Waals surface area contributed by atoms with E-state index in [-0.39, 0.29) is 6.61 Å². The zero-order valence-electron chi connectivity index (χ0n) is 22.1. The van der Waals surface area contributed by atoms with E-state index in [0.29, 0.717) is 6.61 Å². The SMILES string of the molecule is CCCCCCCCCCOc1ccc(N=Nc2ccc(OCCC[N+](C)(C)CCO)cc2)cc1. The highest BCUT2D eigenvalue weighted by Crippen LogP contribution is 2.23. The Morgan fingerprint density at radius 1 is 0.629 bits per heavy atom. The number of hydrogen-bond acceptors (Lipinski definition) is 5. The predicted molar refractivity (Wildman–Crippen MR) is 144 cm³/mol. The van der Waals surface area contributed by atoms with E-state index >= 15 is 0 Å². The van der Waals surface area contributed by atoms with Crippen LogP contribution in [-0.4, -0.2) is 56.6 Å². The number of hydrogen-bond donors (Lipinski definition) is 1. The molecule has 0 spiro atoms. The Bertz CT molecular complexity index is 820. The number of nitrogens with zero attached hydrogens (tertiary/aromatic N) is 3. The quantitative estimate of drug-likeness (QED) is 0.128. The second-order valence-electron chi connectivity index (χ2n) is 9.82. The molecule has 6 heteroatoms. The first kappa shape index (κ1) is 28.8. The molecular formula is C29H46N3O3+. The topological polar surface area (TPSA) is 63.4 Å². The highest BCUT2D eigenvalue weighted by molar-refractivity contribution is 5.44. The molecule has 0 unspecified atom stereocenters. The summed E-state index contributed by atoms with van der Waals surface area (Å²) in [5, 5.41) is 17.7. The smallest absolute Gasteiger partial charge is 0.119 e. The van der Waals surface area contributed by atoms with E-state index in [1.807, 2.05) is 48.5 Å². The molecule has 35 heavy (non-hydrogen) atoms. The number of benzene rings is 2. The van der Waals surface area contributed by atoms with Crippen LogP contribution in [0.2, 0.25) is 0 Å². The lowest BCUT2D eigenvalue weighted by Gasteiger charge is -2.28. The summed E-state index contributed by atoms with van der Waals surface area (Å²) in [5.74, 6) is 1.71. The van der Waals surface area contributed by atoms with Crippen molar-refractivity contribution in [1.82, 2.24) is 0 Å². The zero-order chi connectivity index (χ0) is 25.2. The fourth-order valence-corrected chi connectivity index (χ4v) is 3.82. The van der Waals surface area contributed by atoms with Crippen LogP contribution in [0.25, 0.3) is 0 Å². The van der Waals surface area contributed by atoms with E-state index in [1.54, 1.807) is 0 Å². The summed E-state index contributed by atoms with van der Waals surface area (Å²) in [7, 11) is 4.24. The van der Waals surface area contributed by atoms with Gasteiger partial charge in [-0.15, -0.1) is 0 Å². The molecule has 2 aromatic carbocycles. The highest BCUT2D eigenvalue weighted by Gasteiger charge is 2.13. The van der Waals surface area contributed by atoms with Gasteiger partial charge in [0.2, 0.25) is 0 Å². The van der Waals surface area contributed by atoms with Gasteiger partial charge < -0.3 is 19.1 Å². The van der Waals surface area contributed by atoms with Gasteiger partial charge in [0.15, 0.2) is 0 Å². The Morgan fingerprint density at radius 3 is 1.57 bits per heavy atom. The van der Waals surface area contributed by atoms with Crippen LogP contribution in [0, 0.1) is 0 Å². The first-order valence-electron chi connectivity index (χ1n) is 13.3. The van der Waals surface area contributed by atoms with Crippen molar-refractivity contribution in [2.75, 3.05) is 47.0 Å². The molecule has 0 aromatic heterocycles. The summed E-state index contributed by atoms with van der Waals surface area (Å²) in [5.41, 5.74) is 1.58. The van der Waals surface area contributed by atoms with Crippen LogP contribution in [0.5, 0.6) is 11.5 Å². The van der Waals surface area contributed by atoms with E-state index in [4.69, 9.17) is 14.6 Å². The van der Waals surface area contributed by atoms with Crippen molar-refractivity contribution in [1.29, 1.82) is 0 Å². The number of aliphatic hydroxyl groups excluding tert-OH is 1. The Morgan fingerprint density at radius 2 is 1.09 bits per heavy atom. The van der Waals surface area contributed by atoms with E-state index in [9.17, 15) is 0 Å². The number of rotatable bonds is 19. The summed E-state index contributed by atoms with van der Waals surface area (Å²) >= 11 is 0. The van der Waals surface area contributed by atoms with Gasteiger partial charge in [-0.1, -0.05) is 51.9 Å². The van der Waals surface area contributed by atoms with Gasteiger partial charge in [0.05, 0.1) is 51.8 Å². The number of aliphatic hydroxyl groups is 1. The molecule has 194 valence electrons. The predicted octanol–water partition coefficient (Wildman–Crippen LogP) is 7.46. The van der Waals surface area contributed by atoms with Crippen LogP contribution in [0.4, 0.5) is 11.4 Å². The fourth-order valence-electron chi connectivity index (χ4n) is 3.82. The molecule has 0 amide bonds. The molecule has 2 aromatic rings. The van der Waals surface area contributed by atoms with Gasteiger partial charge in [-0.05, 0) is 55.0 Å². The minimum absolute atomic E-state index is 0.209. The molecule has 0 heterocycles. The van der Waals surface area contributed by atoms with Gasteiger partial charge in [0.25, 0.3) is 0 Å². The molecule has 0 aliphatic rings. The van der Waals surface area contributed by atoms with Crippen molar-refractivity contribution in [3.8, 4) is 11.5 Å². The molecule has 0 saturated heterocycles. The number of azo groups is 1. The van der Waals surface area contributed by atoms with E-state index < -0.39 is 0 Å². The monoisotopic (exact) mass is 484 g/mol. The molecule has 1 N–H and O–H groups in total. The Balaban J connectivity index is 1.63. The van der Waals surface area contributed by atoms with Gasteiger partial charge in [0, 0.05) is 6.42 Å². The normalized spacial score (nSPS) is 11.8. The largest absolute Gasteiger partial charge is 0.494 e. The molecule has 0 radical (unpaired) electrons. The molecule has 0 fully saturated rings. The maximum absolute atomic E-state index is 9.10. The Hall–Kier alpha value is -2.44. The van der Waals surface area contributed by atoms with Crippen molar-refractivity contribution in [2.24, 2.45) is 10.2 Å². The minimum atomic E-state index is 0.209. The number of likely N-dealkylation sites (N-methyl/N-ethyl adjacent to an activating group) is 1. The van der Waals surface area contributed by atoms with E-state index in [0.717, 1.165) is 59.9 Å². The summed E-state index contributed by atoms with van der Waals surface area (Å²) in [6.45, 7) is 5.62. The van der Waals surface area contributed by atoms with Crippen molar-refractivity contribution in [2.45, 2.75) is 64.7 Å². The molecule has 0 saturated carbocycles. The van der Waals surface area contributed by atoms with Gasteiger partial charge in [0.1, 0.15) is 18.0 Å². The van der Waals surface area contributed by atoms with Crippen molar-refractivity contribution in [3.05, 3.63) is 48.5 Å². The van der Waals surface area contributed by atoms with Crippen LogP contribution in [0.3, 0.4) is 0 Å². The molecule has 2 rings (SSSR count). The van der Waals surface area contributed by atoms with Crippen LogP contribution < -0.4 is 9.47 Å². The lowest BCUT2D eigenvalue weighted by molar-refractivity contribution is -0.890. The second-order valence-corrected chi connectivity index (χ2v) is 9.82. The summed E-state index contributed by atoms with van der Waals surface area (Å²) in [4.78, 5) is 0. The molecule has 0 aliphatic carbocycles. The van der Waals surface area contributed by atoms with Crippen molar-refractivity contribution >= 4 is 11.4 Å². The lowest BCUT2D eigenvalue weighted by atomic mass is 10.1. The highest BCUT2D eigenvalue weighted by atomic mass is 16.5. The van der Waals surface area contributed by atoms with Crippen LogP contribution in [-0.2, 0) is 0 Å². The maximum atomic E-state index is 9.10. The fraction of sp³-hybridized carbons (Fsp3) is 0.586. The maximum Gasteiger partial charge on any atom is 0.119 e. The average Bonchev–Trinajstić information content (AvgIpc) is 2.86. The number of ether oxygens (including phenoxy) is 2. The third kappa shape index (κ3) is 13.3. The van der Waals surface area contributed by atoms with Gasteiger partial charge in [-0.3, -0.25) is 0 Å². The van der Waals surface area contributed by atoms with Crippen LogP contribution >= 0.6 is 0 Å². The molecule has 0 aliphatic heterocycles. The third-order valence-electron chi connectivity index (χ3n) is 6.10. The third-order valence-corrected chi connectivity index (χ3v) is 6.10. The zero-order valence-corrected chi connectivity index (χ0v) is 22.1. The summed E-state index contributed by atoms with van der Waals surface area (Å²) in [6, 6.07) is 15.4. The first-order chi connectivity index (χ1) is 17.0. The van der Waals surface area contributed by atoms with Crippen molar-refractivity contribution in [3.63, 3.8) is 0 Å². The van der Waals surface area contributed by atoms with E-state index in [2.05, 4.69) is 31.2 Å². The first-order valence-corrected chi connectivity index (χ1v) is 13.3. The molecule has 0 atom stereocenters. The van der Waals surface area contributed by atoms with Gasteiger partial charge in [-0.2, -0.15) is 10.2 Å². The molecule has 0 bridgehead atoms. The number of quaternary nitrogens is 1. The lowest BCUT2D eigenvalue weighted by Crippen LogP contribution is -2.43. The average molecular weight is 485 g/mol. The standard InChI is InChI=1S/C29H46N3O3/c1-4-5-6-7-8-9-10-11-24-34-28-17-13-26(14-18-28)30-31-27-15-19-29(20-16-27)35-25-12-21-32(2,3)22-23-33/h13-20,33H,4-12,21-25H2,1-3H3/q+1. The summed E-state index contributed by atoms with van der Waals surface area (Å²) in [6.07, 6.45) is 11.4. The van der Waals surface area contributed by atoms with Gasteiger partial charge in [-0.25, -0.2) is 0 Å². The van der Waals surface area contributed by atoms with Crippen LogP contribution in [0.15, 0.2) is 58.8 Å². The summed E-state index contributed by atoms with van der Waals surface area (Å²) < 4.78 is 12.5. The van der Waals surface area contributed by atoms with E-state index in [1.165, 1.54) is 44.9 Å². The van der Waals surface area contributed by atoms with Crippen LogP contribution in [0.1, 0.15) is 64.7 Å². The minimum Gasteiger partial charge on any atom is -0.494 e.